The molecule has 0 radical (unpaired) electrons. The number of hydrogen-bond acceptors (Lipinski definition) is 3. The van der Waals surface area contributed by atoms with Gasteiger partial charge in [0.15, 0.2) is 0 Å². The summed E-state index contributed by atoms with van der Waals surface area (Å²) in [5, 5.41) is 3.76. The average molecular weight is 477 g/mol. The van der Waals surface area contributed by atoms with Crippen LogP contribution in [0.2, 0.25) is 5.02 Å². The van der Waals surface area contributed by atoms with Crippen molar-refractivity contribution in [1.29, 1.82) is 0 Å². The van der Waals surface area contributed by atoms with Gasteiger partial charge in [-0.3, -0.25) is 14.3 Å². The van der Waals surface area contributed by atoms with Crippen LogP contribution in [-0.2, 0) is 17.9 Å². The summed E-state index contributed by atoms with van der Waals surface area (Å²) in [6.45, 7) is 2.70. The summed E-state index contributed by atoms with van der Waals surface area (Å²) < 4.78 is 15.6. The zero-order chi connectivity index (χ0) is 23.5. The second kappa shape index (κ2) is 9.95. The molecular formula is C27H26ClFN4O. The molecule has 0 unspecified atom stereocenters. The molecule has 0 aliphatic carbocycles. The molecule has 2 heterocycles. The number of para-hydroxylation sites is 2. The summed E-state index contributed by atoms with van der Waals surface area (Å²) in [7, 11) is 0. The van der Waals surface area contributed by atoms with Crippen LogP contribution in [0.15, 0.2) is 72.8 Å². The lowest BCUT2D eigenvalue weighted by atomic mass is 9.97. The maximum absolute atomic E-state index is 13.5. The van der Waals surface area contributed by atoms with Crippen molar-refractivity contribution in [3.05, 3.63) is 95.0 Å². The second-order valence-corrected chi connectivity index (χ2v) is 9.18. The minimum atomic E-state index is -0.266. The fraction of sp³-hybridized carbons (Fsp3) is 0.259. The van der Waals surface area contributed by atoms with Crippen LogP contribution in [0, 0.1) is 11.7 Å². The maximum Gasteiger partial charge on any atom is 0.224 e. The quantitative estimate of drug-likeness (QED) is 0.408. The van der Waals surface area contributed by atoms with Gasteiger partial charge in [-0.25, -0.2) is 9.37 Å². The largest absolute Gasteiger partial charge is 0.352 e. The Hall–Kier alpha value is -3.22. The number of benzene rings is 3. The number of hydrogen-bond donors (Lipinski definition) is 1. The van der Waals surface area contributed by atoms with E-state index in [0.717, 1.165) is 47.5 Å². The number of rotatable bonds is 6. The lowest BCUT2D eigenvalue weighted by Gasteiger charge is -2.31. The SMILES string of the molecule is O=C(NCc1ccc(Cl)cc1)[C@@H]1CCCN(Cc2nc3ccccc3n2-c2ccc(F)cc2)C1. The molecule has 1 saturated heterocycles. The number of amides is 1. The highest BCUT2D eigenvalue weighted by Crippen LogP contribution is 2.25. The Morgan fingerprint density at radius 2 is 1.82 bits per heavy atom. The molecule has 174 valence electrons. The van der Waals surface area contributed by atoms with Crippen molar-refractivity contribution in [2.75, 3.05) is 13.1 Å². The van der Waals surface area contributed by atoms with E-state index in [2.05, 4.69) is 14.8 Å². The highest BCUT2D eigenvalue weighted by atomic mass is 35.5. The lowest BCUT2D eigenvalue weighted by molar-refractivity contribution is -0.127. The molecule has 1 amide bonds. The van der Waals surface area contributed by atoms with Crippen molar-refractivity contribution < 1.29 is 9.18 Å². The third kappa shape index (κ3) is 4.98. The van der Waals surface area contributed by atoms with Crippen molar-refractivity contribution in [3.8, 4) is 5.69 Å². The monoisotopic (exact) mass is 476 g/mol. The molecule has 1 aliphatic heterocycles. The number of likely N-dealkylation sites (tertiary alicyclic amines) is 1. The minimum Gasteiger partial charge on any atom is -0.352 e. The Bertz CT molecular complexity index is 1290. The Labute approximate surface area is 203 Å². The molecule has 1 aliphatic rings. The van der Waals surface area contributed by atoms with Gasteiger partial charge in [-0.1, -0.05) is 35.9 Å². The average Bonchev–Trinajstić information content (AvgIpc) is 3.22. The van der Waals surface area contributed by atoms with E-state index in [4.69, 9.17) is 16.6 Å². The van der Waals surface area contributed by atoms with E-state index in [0.29, 0.717) is 24.7 Å². The van der Waals surface area contributed by atoms with E-state index in [1.807, 2.05) is 48.5 Å². The molecule has 3 aromatic carbocycles. The first-order chi connectivity index (χ1) is 16.6. The van der Waals surface area contributed by atoms with Crippen LogP contribution < -0.4 is 5.32 Å². The molecule has 7 heteroatoms. The molecule has 0 bridgehead atoms. The van der Waals surface area contributed by atoms with Gasteiger partial charge in [-0.2, -0.15) is 0 Å². The number of aromatic nitrogens is 2. The van der Waals surface area contributed by atoms with Crippen molar-refractivity contribution >= 4 is 28.5 Å². The summed E-state index contributed by atoms with van der Waals surface area (Å²) in [6.07, 6.45) is 1.83. The highest BCUT2D eigenvalue weighted by Gasteiger charge is 2.27. The fourth-order valence-corrected chi connectivity index (χ4v) is 4.74. The van der Waals surface area contributed by atoms with Crippen LogP contribution in [0.5, 0.6) is 0 Å². The smallest absolute Gasteiger partial charge is 0.224 e. The first-order valence-corrected chi connectivity index (χ1v) is 11.9. The summed E-state index contributed by atoms with van der Waals surface area (Å²) in [5.41, 5.74) is 3.78. The van der Waals surface area contributed by atoms with E-state index >= 15 is 0 Å². The second-order valence-electron chi connectivity index (χ2n) is 8.75. The Morgan fingerprint density at radius 3 is 2.62 bits per heavy atom. The number of imidazole rings is 1. The molecule has 5 rings (SSSR count). The molecule has 1 aromatic heterocycles. The van der Waals surface area contributed by atoms with Crippen LogP contribution in [0.3, 0.4) is 0 Å². The summed E-state index contributed by atoms with van der Waals surface area (Å²) in [4.78, 5) is 20.0. The molecule has 1 N–H and O–H groups in total. The predicted octanol–water partition coefficient (Wildman–Crippen LogP) is 5.35. The molecule has 0 saturated carbocycles. The lowest BCUT2D eigenvalue weighted by Crippen LogP contribution is -2.42. The van der Waals surface area contributed by atoms with Gasteiger partial charge >= 0.3 is 0 Å². The molecule has 1 fully saturated rings. The van der Waals surface area contributed by atoms with Crippen LogP contribution in [0.4, 0.5) is 4.39 Å². The Morgan fingerprint density at radius 1 is 1.06 bits per heavy atom. The van der Waals surface area contributed by atoms with Crippen molar-refractivity contribution in [3.63, 3.8) is 0 Å². The topological polar surface area (TPSA) is 50.2 Å². The maximum atomic E-state index is 13.5. The molecule has 4 aromatic rings. The van der Waals surface area contributed by atoms with E-state index in [9.17, 15) is 9.18 Å². The third-order valence-corrected chi connectivity index (χ3v) is 6.59. The third-order valence-electron chi connectivity index (χ3n) is 6.34. The number of fused-ring (bicyclic) bond motifs is 1. The Balaban J connectivity index is 1.31. The zero-order valence-electron chi connectivity index (χ0n) is 18.8. The first-order valence-electron chi connectivity index (χ1n) is 11.5. The van der Waals surface area contributed by atoms with Crippen molar-refractivity contribution in [2.45, 2.75) is 25.9 Å². The fourth-order valence-electron chi connectivity index (χ4n) is 4.61. The number of nitrogens with one attached hydrogen (secondary N) is 1. The number of piperidine rings is 1. The normalized spacial score (nSPS) is 16.6. The minimum absolute atomic E-state index is 0.0651. The number of halogens is 2. The molecule has 34 heavy (non-hydrogen) atoms. The number of carbonyl (C=O) groups excluding carboxylic acids is 1. The summed E-state index contributed by atoms with van der Waals surface area (Å²) >= 11 is 5.95. The van der Waals surface area contributed by atoms with E-state index < -0.39 is 0 Å². The molecule has 0 spiro atoms. The summed E-state index contributed by atoms with van der Waals surface area (Å²) in [5.74, 6) is 0.629. The van der Waals surface area contributed by atoms with Crippen LogP contribution in [-0.4, -0.2) is 33.4 Å². The number of carbonyl (C=O) groups is 1. The van der Waals surface area contributed by atoms with Gasteiger partial charge in [0.2, 0.25) is 5.91 Å². The number of nitrogens with zero attached hydrogens (tertiary/aromatic N) is 3. The zero-order valence-corrected chi connectivity index (χ0v) is 19.5. The van der Waals surface area contributed by atoms with Gasteiger partial charge < -0.3 is 5.32 Å². The van der Waals surface area contributed by atoms with Crippen LogP contribution in [0.25, 0.3) is 16.7 Å². The predicted molar refractivity (Wildman–Crippen MR) is 132 cm³/mol. The molecule has 1 atom stereocenters. The first kappa shape index (κ1) is 22.6. The molecular weight excluding hydrogens is 451 g/mol. The standard InChI is InChI=1S/C27H26ClFN4O/c28-21-9-7-19(8-10-21)16-30-27(34)20-4-3-15-32(17-20)18-26-31-24-5-1-2-6-25(24)33(26)23-13-11-22(29)12-14-23/h1-2,5-14,20H,3-4,15-18H2,(H,30,34)/t20-/m1/s1. The van der Waals surface area contributed by atoms with Crippen molar-refractivity contribution in [2.24, 2.45) is 5.92 Å². The van der Waals surface area contributed by atoms with Gasteiger partial charge in [0.25, 0.3) is 0 Å². The van der Waals surface area contributed by atoms with Gasteiger partial charge in [0.1, 0.15) is 11.6 Å². The Kier molecular flexibility index (Phi) is 6.61. The van der Waals surface area contributed by atoms with Gasteiger partial charge in [-0.05, 0) is 73.5 Å². The van der Waals surface area contributed by atoms with Gasteiger partial charge in [0, 0.05) is 23.8 Å². The summed E-state index contributed by atoms with van der Waals surface area (Å²) in [6, 6.07) is 22.0. The highest BCUT2D eigenvalue weighted by molar-refractivity contribution is 6.30. The van der Waals surface area contributed by atoms with Gasteiger partial charge in [0.05, 0.1) is 23.5 Å². The van der Waals surface area contributed by atoms with E-state index in [1.54, 1.807) is 12.1 Å². The molecule has 5 nitrogen and oxygen atoms in total. The van der Waals surface area contributed by atoms with Crippen LogP contribution >= 0.6 is 11.6 Å². The van der Waals surface area contributed by atoms with Crippen LogP contribution in [0.1, 0.15) is 24.2 Å². The van der Waals surface area contributed by atoms with E-state index in [1.165, 1.54) is 12.1 Å². The van der Waals surface area contributed by atoms with Crippen molar-refractivity contribution in [1.82, 2.24) is 19.8 Å². The van der Waals surface area contributed by atoms with E-state index in [-0.39, 0.29) is 17.6 Å². The van der Waals surface area contributed by atoms with Gasteiger partial charge in [-0.15, -0.1) is 0 Å².